The van der Waals surface area contributed by atoms with Gasteiger partial charge >= 0.3 is 5.97 Å². The number of sulfonamides is 1. The second-order valence-electron chi connectivity index (χ2n) is 3.73. The third-order valence-electron chi connectivity index (χ3n) is 1.97. The van der Waals surface area contributed by atoms with E-state index in [1.165, 1.54) is 0 Å². The number of carbonyl (C=O) groups excluding carboxylic acids is 1. The van der Waals surface area contributed by atoms with Crippen LogP contribution in [0.25, 0.3) is 0 Å². The summed E-state index contributed by atoms with van der Waals surface area (Å²) in [6.45, 7) is 1.29. The summed E-state index contributed by atoms with van der Waals surface area (Å²) in [4.78, 5) is 14.7. The van der Waals surface area contributed by atoms with Gasteiger partial charge in [-0.15, -0.1) is 0 Å². The Kier molecular flexibility index (Phi) is 5.46. The minimum Gasteiger partial charge on any atom is -0.384 e. The molecule has 8 heteroatoms. The zero-order valence-corrected chi connectivity index (χ0v) is 11.2. The molecule has 0 aliphatic carbocycles. The number of rotatable bonds is 6. The van der Waals surface area contributed by atoms with Crippen LogP contribution in [0.5, 0.6) is 0 Å². The van der Waals surface area contributed by atoms with Crippen molar-refractivity contribution in [2.75, 3.05) is 5.75 Å². The van der Waals surface area contributed by atoms with Crippen molar-refractivity contribution in [3.63, 3.8) is 0 Å². The van der Waals surface area contributed by atoms with Crippen LogP contribution in [0.1, 0.15) is 12.5 Å². The van der Waals surface area contributed by atoms with Gasteiger partial charge in [0.05, 0.1) is 0 Å². The van der Waals surface area contributed by atoms with Crippen molar-refractivity contribution in [3.05, 3.63) is 35.9 Å². The molecule has 0 saturated carbocycles. The first-order valence-electron chi connectivity index (χ1n) is 5.40. The molecule has 19 heavy (non-hydrogen) atoms. The highest BCUT2D eigenvalue weighted by atomic mass is 32.2. The summed E-state index contributed by atoms with van der Waals surface area (Å²) in [6.07, 6.45) is 0. The number of carbonyl (C=O) groups is 1. The summed E-state index contributed by atoms with van der Waals surface area (Å²) >= 11 is 0. The largest absolute Gasteiger partial charge is 0.384 e. The van der Waals surface area contributed by atoms with Crippen molar-refractivity contribution in [1.82, 2.24) is 4.72 Å². The van der Waals surface area contributed by atoms with Gasteiger partial charge in [0.25, 0.3) is 0 Å². The minimum atomic E-state index is -3.62. The topological polar surface area (TPSA) is 111 Å². The van der Waals surface area contributed by atoms with Gasteiger partial charge in [0.2, 0.25) is 10.0 Å². The van der Waals surface area contributed by atoms with Gasteiger partial charge in [0.15, 0.2) is 5.84 Å². The van der Waals surface area contributed by atoms with Gasteiger partial charge in [-0.3, -0.25) is 0 Å². The molecule has 0 spiro atoms. The fourth-order valence-corrected chi connectivity index (χ4v) is 2.11. The maximum atomic E-state index is 11.6. The standard InChI is InChI=1S/C11H15N3O4S/c1-9(15)18-14-11(12)8-19(16,17)13-7-10-5-3-2-4-6-10/h2-6,13H,7-8H2,1H3,(H2,12,14). The van der Waals surface area contributed by atoms with Crippen LogP contribution in [-0.2, 0) is 26.2 Å². The van der Waals surface area contributed by atoms with Gasteiger partial charge < -0.3 is 10.6 Å². The average molecular weight is 285 g/mol. The molecular formula is C11H15N3O4S. The fourth-order valence-electron chi connectivity index (χ4n) is 1.18. The van der Waals surface area contributed by atoms with Crippen molar-refractivity contribution >= 4 is 21.8 Å². The predicted molar refractivity (Wildman–Crippen MR) is 70.5 cm³/mol. The van der Waals surface area contributed by atoms with Crippen molar-refractivity contribution < 1.29 is 18.0 Å². The molecule has 7 nitrogen and oxygen atoms in total. The Labute approximate surface area is 111 Å². The first-order valence-corrected chi connectivity index (χ1v) is 7.05. The lowest BCUT2D eigenvalue weighted by Crippen LogP contribution is -2.33. The highest BCUT2D eigenvalue weighted by molar-refractivity contribution is 7.90. The number of nitrogens with two attached hydrogens (primary N) is 1. The normalized spacial score (nSPS) is 12.2. The molecule has 1 rings (SSSR count). The van der Waals surface area contributed by atoms with Crippen LogP contribution >= 0.6 is 0 Å². The van der Waals surface area contributed by atoms with Crippen LogP contribution in [0, 0.1) is 0 Å². The highest BCUT2D eigenvalue weighted by Gasteiger charge is 2.13. The summed E-state index contributed by atoms with van der Waals surface area (Å²) < 4.78 is 25.7. The first-order chi connectivity index (χ1) is 8.89. The van der Waals surface area contributed by atoms with E-state index in [4.69, 9.17) is 5.73 Å². The lowest BCUT2D eigenvalue weighted by atomic mass is 10.2. The SMILES string of the molecule is CC(=O)ON=C(N)CS(=O)(=O)NCc1ccccc1. The zero-order valence-electron chi connectivity index (χ0n) is 10.4. The second kappa shape index (κ2) is 6.86. The summed E-state index contributed by atoms with van der Waals surface area (Å²) in [5.41, 5.74) is 6.15. The second-order valence-corrected chi connectivity index (χ2v) is 5.54. The van der Waals surface area contributed by atoms with Crippen LogP contribution in [0.3, 0.4) is 0 Å². The summed E-state index contributed by atoms with van der Waals surface area (Å²) in [5.74, 6) is -1.50. The molecule has 0 aliphatic heterocycles. The Morgan fingerprint density at radius 2 is 2.00 bits per heavy atom. The van der Waals surface area contributed by atoms with E-state index >= 15 is 0 Å². The minimum absolute atomic E-state index is 0.157. The predicted octanol–water partition coefficient (Wildman–Crippen LogP) is -0.0587. The Morgan fingerprint density at radius 3 is 2.58 bits per heavy atom. The van der Waals surface area contributed by atoms with E-state index in [1.807, 2.05) is 6.07 Å². The molecule has 0 amide bonds. The van der Waals surface area contributed by atoms with Crippen molar-refractivity contribution in [2.45, 2.75) is 13.5 Å². The van der Waals surface area contributed by atoms with Gasteiger partial charge in [-0.05, 0) is 5.56 Å². The summed E-state index contributed by atoms with van der Waals surface area (Å²) in [7, 11) is -3.62. The third kappa shape index (κ3) is 6.53. The molecule has 0 bridgehead atoms. The molecule has 3 N–H and O–H groups in total. The van der Waals surface area contributed by atoms with Gasteiger partial charge in [0, 0.05) is 13.5 Å². The van der Waals surface area contributed by atoms with E-state index in [0.717, 1.165) is 12.5 Å². The maximum absolute atomic E-state index is 11.6. The average Bonchev–Trinajstić information content (AvgIpc) is 2.35. The van der Waals surface area contributed by atoms with E-state index in [9.17, 15) is 13.2 Å². The lowest BCUT2D eigenvalue weighted by molar-refractivity contribution is -0.140. The van der Waals surface area contributed by atoms with E-state index < -0.39 is 21.7 Å². The van der Waals surface area contributed by atoms with Crippen molar-refractivity contribution in [3.8, 4) is 0 Å². The Morgan fingerprint density at radius 1 is 1.37 bits per heavy atom. The fraction of sp³-hybridized carbons (Fsp3) is 0.273. The van der Waals surface area contributed by atoms with Gasteiger partial charge in [-0.1, -0.05) is 35.5 Å². The monoisotopic (exact) mass is 285 g/mol. The summed E-state index contributed by atoms with van der Waals surface area (Å²) in [5, 5.41) is 3.19. The van der Waals surface area contributed by atoms with Crippen LogP contribution in [0.15, 0.2) is 35.5 Å². The molecule has 0 fully saturated rings. The van der Waals surface area contributed by atoms with E-state index in [2.05, 4.69) is 14.7 Å². The van der Waals surface area contributed by atoms with E-state index in [1.54, 1.807) is 24.3 Å². The van der Waals surface area contributed by atoms with Crippen LogP contribution in [0.2, 0.25) is 0 Å². The molecule has 0 unspecified atom stereocenters. The lowest BCUT2D eigenvalue weighted by Gasteiger charge is -2.06. The summed E-state index contributed by atoms with van der Waals surface area (Å²) in [6, 6.07) is 9.03. The number of nitrogens with one attached hydrogen (secondary N) is 1. The number of hydrogen-bond acceptors (Lipinski definition) is 5. The first kappa shape index (κ1) is 15.1. The Bertz CT molecular complexity index is 555. The zero-order chi connectivity index (χ0) is 14.3. The Hall–Kier alpha value is -1.93. The maximum Gasteiger partial charge on any atom is 0.332 e. The quantitative estimate of drug-likeness (QED) is 0.329. The van der Waals surface area contributed by atoms with Crippen LogP contribution < -0.4 is 10.5 Å². The molecular weight excluding hydrogens is 270 g/mol. The van der Waals surface area contributed by atoms with Crippen molar-refractivity contribution in [2.24, 2.45) is 10.9 Å². The number of nitrogens with zero attached hydrogens (tertiary/aromatic N) is 1. The number of hydrogen-bond donors (Lipinski definition) is 2. The molecule has 0 aliphatic rings. The molecule has 0 heterocycles. The highest BCUT2D eigenvalue weighted by Crippen LogP contribution is 1.98. The van der Waals surface area contributed by atoms with Gasteiger partial charge in [0.1, 0.15) is 5.75 Å². The van der Waals surface area contributed by atoms with Gasteiger partial charge in [-0.25, -0.2) is 17.9 Å². The molecule has 0 atom stereocenters. The number of benzene rings is 1. The smallest absolute Gasteiger partial charge is 0.332 e. The van der Waals surface area contributed by atoms with Crippen LogP contribution in [-0.4, -0.2) is 26.0 Å². The third-order valence-corrected chi connectivity index (χ3v) is 3.23. The molecule has 1 aromatic carbocycles. The number of oxime groups is 1. The molecule has 0 aromatic heterocycles. The molecule has 104 valence electrons. The van der Waals surface area contributed by atoms with Crippen LogP contribution in [0.4, 0.5) is 0 Å². The van der Waals surface area contributed by atoms with Gasteiger partial charge in [-0.2, -0.15) is 0 Å². The molecule has 0 saturated heterocycles. The van der Waals surface area contributed by atoms with Crippen molar-refractivity contribution in [1.29, 1.82) is 0 Å². The molecule has 1 aromatic rings. The van der Waals surface area contributed by atoms with E-state index in [-0.39, 0.29) is 12.4 Å². The number of amidine groups is 1. The molecule has 0 radical (unpaired) electrons. The Balaban J connectivity index is 2.52. The van der Waals surface area contributed by atoms with E-state index in [0.29, 0.717) is 0 Å².